The maximum atomic E-state index is 12.2. The number of nitrogens with one attached hydrogen (secondary N) is 1. The van der Waals surface area contributed by atoms with Gasteiger partial charge < -0.3 is 10.1 Å². The molecule has 2 rings (SSSR count). The van der Waals surface area contributed by atoms with Crippen LogP contribution in [0, 0.1) is 13.8 Å². The van der Waals surface area contributed by atoms with Crippen molar-refractivity contribution < 1.29 is 9.53 Å². The Morgan fingerprint density at radius 1 is 1.30 bits per heavy atom. The highest BCUT2D eigenvalue weighted by Crippen LogP contribution is 2.23. The molecule has 1 aromatic heterocycles. The topological polar surface area (TPSA) is 51.2 Å². The van der Waals surface area contributed by atoms with Crippen LogP contribution >= 0.6 is 11.6 Å². The molecule has 0 bridgehead atoms. The number of carbonyl (C=O) groups is 1. The summed E-state index contributed by atoms with van der Waals surface area (Å²) in [4.78, 5) is 16.2. The summed E-state index contributed by atoms with van der Waals surface area (Å²) >= 11 is 5.96. The summed E-state index contributed by atoms with van der Waals surface area (Å²) in [5, 5.41) is 3.02. The highest BCUT2D eigenvalue weighted by molar-refractivity contribution is 6.32. The van der Waals surface area contributed by atoms with Crippen LogP contribution in [0.4, 0.5) is 5.69 Å². The van der Waals surface area contributed by atoms with Crippen molar-refractivity contribution >= 4 is 23.2 Å². The first kappa shape index (κ1) is 14.3. The average Bonchev–Trinajstić information content (AvgIpc) is 2.43. The molecule has 104 valence electrons. The van der Waals surface area contributed by atoms with Crippen LogP contribution in [-0.2, 0) is 0 Å². The molecule has 20 heavy (non-hydrogen) atoms. The molecule has 2 aromatic rings. The van der Waals surface area contributed by atoms with Gasteiger partial charge in [-0.15, -0.1) is 0 Å². The molecule has 1 amide bonds. The fourth-order valence-corrected chi connectivity index (χ4v) is 1.95. The molecular formula is C15H15ClN2O2. The summed E-state index contributed by atoms with van der Waals surface area (Å²) in [6.07, 6.45) is 1.65. The zero-order valence-electron chi connectivity index (χ0n) is 11.5. The van der Waals surface area contributed by atoms with Crippen LogP contribution in [0.15, 0.2) is 30.5 Å². The number of methoxy groups -OCH3 is 1. The first-order valence-corrected chi connectivity index (χ1v) is 6.47. The SMILES string of the molecule is COc1cc(C(=O)Nc2cc(C)cnc2Cl)ccc1C. The molecular weight excluding hydrogens is 276 g/mol. The summed E-state index contributed by atoms with van der Waals surface area (Å²) in [5.41, 5.74) is 2.90. The van der Waals surface area contributed by atoms with Gasteiger partial charge in [0, 0.05) is 11.8 Å². The van der Waals surface area contributed by atoms with Crippen LogP contribution < -0.4 is 10.1 Å². The van der Waals surface area contributed by atoms with Gasteiger partial charge in [-0.1, -0.05) is 17.7 Å². The molecule has 1 aromatic carbocycles. The van der Waals surface area contributed by atoms with Gasteiger partial charge in [-0.25, -0.2) is 4.98 Å². The third-order valence-electron chi connectivity index (χ3n) is 2.89. The number of hydrogen-bond donors (Lipinski definition) is 1. The zero-order chi connectivity index (χ0) is 14.7. The Labute approximate surface area is 122 Å². The molecule has 0 aliphatic heterocycles. The van der Waals surface area contributed by atoms with Crippen LogP contribution in [0.25, 0.3) is 0 Å². The number of halogens is 1. The molecule has 0 fully saturated rings. The highest BCUT2D eigenvalue weighted by Gasteiger charge is 2.11. The summed E-state index contributed by atoms with van der Waals surface area (Å²) < 4.78 is 5.21. The van der Waals surface area contributed by atoms with Gasteiger partial charge in [-0.05, 0) is 43.2 Å². The number of amides is 1. The Morgan fingerprint density at radius 2 is 2.05 bits per heavy atom. The fraction of sp³-hybridized carbons (Fsp3) is 0.200. The number of ether oxygens (including phenoxy) is 1. The molecule has 0 atom stereocenters. The lowest BCUT2D eigenvalue weighted by molar-refractivity contribution is 0.102. The average molecular weight is 291 g/mol. The number of hydrogen-bond acceptors (Lipinski definition) is 3. The summed E-state index contributed by atoms with van der Waals surface area (Å²) in [6.45, 7) is 3.80. The van der Waals surface area contributed by atoms with Gasteiger partial charge in [-0.2, -0.15) is 0 Å². The molecule has 0 unspecified atom stereocenters. The number of aromatic nitrogens is 1. The Morgan fingerprint density at radius 3 is 2.75 bits per heavy atom. The number of nitrogens with zero attached hydrogens (tertiary/aromatic N) is 1. The standard InChI is InChI=1S/C15H15ClN2O2/c1-9-6-12(14(16)17-8-9)18-15(19)11-5-4-10(2)13(7-11)20-3/h4-8H,1-3H3,(H,18,19). The molecule has 0 saturated heterocycles. The van der Waals surface area contributed by atoms with Crippen LogP contribution in [0.3, 0.4) is 0 Å². The van der Waals surface area contributed by atoms with E-state index in [9.17, 15) is 4.79 Å². The second kappa shape index (κ2) is 5.92. The van der Waals surface area contributed by atoms with Crippen molar-refractivity contribution in [1.29, 1.82) is 0 Å². The van der Waals surface area contributed by atoms with Gasteiger partial charge in [0.05, 0.1) is 12.8 Å². The highest BCUT2D eigenvalue weighted by atomic mass is 35.5. The van der Waals surface area contributed by atoms with E-state index in [1.54, 1.807) is 31.5 Å². The van der Waals surface area contributed by atoms with Crippen LogP contribution in [-0.4, -0.2) is 18.0 Å². The van der Waals surface area contributed by atoms with Crippen molar-refractivity contribution in [3.05, 3.63) is 52.3 Å². The maximum Gasteiger partial charge on any atom is 0.255 e. The van der Waals surface area contributed by atoms with E-state index in [2.05, 4.69) is 10.3 Å². The van der Waals surface area contributed by atoms with Crippen molar-refractivity contribution in [2.45, 2.75) is 13.8 Å². The lowest BCUT2D eigenvalue weighted by Crippen LogP contribution is -2.13. The van der Waals surface area contributed by atoms with Crippen molar-refractivity contribution in [3.8, 4) is 5.75 Å². The van der Waals surface area contributed by atoms with Gasteiger partial charge in [0.1, 0.15) is 5.75 Å². The van der Waals surface area contributed by atoms with E-state index in [1.807, 2.05) is 19.9 Å². The largest absolute Gasteiger partial charge is 0.496 e. The second-order valence-electron chi connectivity index (χ2n) is 4.49. The molecule has 5 heteroatoms. The van der Waals surface area contributed by atoms with Crippen molar-refractivity contribution in [2.75, 3.05) is 12.4 Å². The predicted molar refractivity (Wildman–Crippen MR) is 79.7 cm³/mol. The number of rotatable bonds is 3. The van der Waals surface area contributed by atoms with Crippen LogP contribution in [0.5, 0.6) is 5.75 Å². The quantitative estimate of drug-likeness (QED) is 0.879. The molecule has 0 saturated carbocycles. The monoisotopic (exact) mass is 290 g/mol. The molecule has 0 radical (unpaired) electrons. The lowest BCUT2D eigenvalue weighted by atomic mass is 10.1. The molecule has 1 N–H and O–H groups in total. The van der Waals surface area contributed by atoms with Gasteiger partial charge in [-0.3, -0.25) is 4.79 Å². The maximum absolute atomic E-state index is 12.2. The smallest absolute Gasteiger partial charge is 0.255 e. The Bertz CT molecular complexity index is 656. The van der Waals surface area contributed by atoms with Gasteiger partial charge in [0.15, 0.2) is 5.15 Å². The third kappa shape index (κ3) is 3.08. The lowest BCUT2D eigenvalue weighted by Gasteiger charge is -2.10. The molecule has 0 aliphatic carbocycles. The number of anilines is 1. The predicted octanol–water partition coefficient (Wildman–Crippen LogP) is 3.61. The van der Waals surface area contributed by atoms with Crippen molar-refractivity contribution in [3.63, 3.8) is 0 Å². The van der Waals surface area contributed by atoms with E-state index in [0.29, 0.717) is 17.0 Å². The number of benzene rings is 1. The van der Waals surface area contributed by atoms with Gasteiger partial charge in [0.25, 0.3) is 5.91 Å². The van der Waals surface area contributed by atoms with E-state index in [0.717, 1.165) is 11.1 Å². The Hall–Kier alpha value is -2.07. The Kier molecular flexibility index (Phi) is 4.25. The summed E-state index contributed by atoms with van der Waals surface area (Å²) in [7, 11) is 1.57. The van der Waals surface area contributed by atoms with Crippen molar-refractivity contribution in [1.82, 2.24) is 4.98 Å². The summed E-state index contributed by atoms with van der Waals surface area (Å²) in [5.74, 6) is 0.420. The van der Waals surface area contributed by atoms with E-state index >= 15 is 0 Å². The van der Waals surface area contributed by atoms with E-state index in [-0.39, 0.29) is 11.1 Å². The minimum atomic E-state index is -0.252. The van der Waals surface area contributed by atoms with E-state index < -0.39 is 0 Å². The van der Waals surface area contributed by atoms with Gasteiger partial charge in [0.2, 0.25) is 0 Å². The zero-order valence-corrected chi connectivity index (χ0v) is 12.3. The minimum absolute atomic E-state index is 0.252. The molecule has 0 aliphatic rings. The normalized spacial score (nSPS) is 10.2. The fourth-order valence-electron chi connectivity index (χ4n) is 1.80. The Balaban J connectivity index is 2.26. The van der Waals surface area contributed by atoms with Crippen LogP contribution in [0.1, 0.15) is 21.5 Å². The molecule has 0 spiro atoms. The number of carbonyl (C=O) groups excluding carboxylic acids is 1. The second-order valence-corrected chi connectivity index (χ2v) is 4.85. The first-order chi connectivity index (χ1) is 9.51. The summed E-state index contributed by atoms with van der Waals surface area (Å²) in [6, 6.07) is 7.05. The number of aryl methyl sites for hydroxylation is 2. The van der Waals surface area contributed by atoms with E-state index in [1.165, 1.54) is 0 Å². The first-order valence-electron chi connectivity index (χ1n) is 6.09. The third-order valence-corrected chi connectivity index (χ3v) is 3.20. The van der Waals surface area contributed by atoms with Gasteiger partial charge >= 0.3 is 0 Å². The molecule has 1 heterocycles. The van der Waals surface area contributed by atoms with E-state index in [4.69, 9.17) is 16.3 Å². The number of pyridine rings is 1. The van der Waals surface area contributed by atoms with Crippen molar-refractivity contribution in [2.24, 2.45) is 0 Å². The van der Waals surface area contributed by atoms with Crippen LogP contribution in [0.2, 0.25) is 5.15 Å². The molecule has 4 nitrogen and oxygen atoms in total. The minimum Gasteiger partial charge on any atom is -0.496 e.